The standard InChI is InChI=1S/C20H26N2O.ClH/c1-4-22(5-2)19(17-12-7-6-8-13-17)20(23)21-15-18-14-10-9-11-16(18)3;/h6-14,19H,4-5,15H2,1-3H3,(H,21,23);1H. The summed E-state index contributed by atoms with van der Waals surface area (Å²) < 4.78 is 0. The van der Waals surface area contributed by atoms with Crippen LogP contribution in [-0.4, -0.2) is 23.9 Å². The lowest BCUT2D eigenvalue weighted by Gasteiger charge is -2.29. The fourth-order valence-electron chi connectivity index (χ4n) is 2.84. The molecule has 2 rings (SSSR count). The molecule has 0 saturated heterocycles. The van der Waals surface area contributed by atoms with E-state index in [1.54, 1.807) is 0 Å². The zero-order valence-corrected chi connectivity index (χ0v) is 15.5. The Morgan fingerprint density at radius 3 is 2.17 bits per heavy atom. The van der Waals surface area contributed by atoms with Crippen LogP contribution < -0.4 is 5.32 Å². The highest BCUT2D eigenvalue weighted by Crippen LogP contribution is 2.21. The minimum Gasteiger partial charge on any atom is -0.350 e. The summed E-state index contributed by atoms with van der Waals surface area (Å²) in [4.78, 5) is 15.0. The maximum atomic E-state index is 12.8. The van der Waals surface area contributed by atoms with Gasteiger partial charge in [0.2, 0.25) is 5.91 Å². The maximum Gasteiger partial charge on any atom is 0.242 e. The number of nitrogens with one attached hydrogen (secondary N) is 1. The molecule has 1 atom stereocenters. The van der Waals surface area contributed by atoms with Crippen molar-refractivity contribution in [2.24, 2.45) is 0 Å². The van der Waals surface area contributed by atoms with Gasteiger partial charge in [0.25, 0.3) is 0 Å². The lowest BCUT2D eigenvalue weighted by molar-refractivity contribution is -0.126. The average Bonchev–Trinajstić information content (AvgIpc) is 2.59. The normalized spacial score (nSPS) is 11.7. The van der Waals surface area contributed by atoms with Crippen LogP contribution in [0.5, 0.6) is 0 Å². The third-order valence-electron chi connectivity index (χ3n) is 4.26. The van der Waals surface area contributed by atoms with Gasteiger partial charge in [-0.3, -0.25) is 9.69 Å². The van der Waals surface area contributed by atoms with Gasteiger partial charge in [0, 0.05) is 6.54 Å². The molecule has 4 heteroatoms. The predicted molar refractivity (Wildman–Crippen MR) is 102 cm³/mol. The van der Waals surface area contributed by atoms with Gasteiger partial charge in [0.05, 0.1) is 0 Å². The van der Waals surface area contributed by atoms with Gasteiger partial charge in [0.15, 0.2) is 0 Å². The molecular formula is C20H27ClN2O. The summed E-state index contributed by atoms with van der Waals surface area (Å²) in [6, 6.07) is 17.9. The number of hydrogen-bond acceptors (Lipinski definition) is 2. The van der Waals surface area contributed by atoms with Crippen molar-refractivity contribution in [1.29, 1.82) is 0 Å². The third kappa shape index (κ3) is 5.08. The molecule has 0 spiro atoms. The van der Waals surface area contributed by atoms with Crippen LogP contribution in [0.1, 0.15) is 36.6 Å². The molecule has 3 nitrogen and oxygen atoms in total. The molecule has 0 aromatic heterocycles. The molecular weight excluding hydrogens is 320 g/mol. The Kier molecular flexibility index (Phi) is 8.51. The number of likely N-dealkylation sites (N-methyl/N-ethyl adjacent to an activating group) is 1. The van der Waals surface area contributed by atoms with Crippen LogP contribution in [0.3, 0.4) is 0 Å². The van der Waals surface area contributed by atoms with Gasteiger partial charge in [-0.05, 0) is 36.7 Å². The van der Waals surface area contributed by atoms with Crippen LogP contribution >= 0.6 is 12.4 Å². The molecule has 0 heterocycles. The van der Waals surface area contributed by atoms with E-state index in [1.165, 1.54) is 5.56 Å². The average molecular weight is 347 g/mol. The minimum atomic E-state index is -0.241. The summed E-state index contributed by atoms with van der Waals surface area (Å²) in [5.74, 6) is 0.0585. The van der Waals surface area contributed by atoms with Crippen molar-refractivity contribution >= 4 is 18.3 Å². The molecule has 0 bridgehead atoms. The van der Waals surface area contributed by atoms with Crippen molar-refractivity contribution in [3.05, 3.63) is 71.3 Å². The molecule has 2 aromatic rings. The number of halogens is 1. The van der Waals surface area contributed by atoms with Gasteiger partial charge in [-0.15, -0.1) is 12.4 Å². The zero-order valence-electron chi connectivity index (χ0n) is 14.7. The molecule has 1 N–H and O–H groups in total. The molecule has 130 valence electrons. The molecule has 0 aliphatic rings. The molecule has 1 amide bonds. The van der Waals surface area contributed by atoms with Crippen LogP contribution in [0, 0.1) is 6.92 Å². The van der Waals surface area contributed by atoms with E-state index in [2.05, 4.69) is 43.1 Å². The van der Waals surface area contributed by atoms with Crippen LogP contribution in [0.4, 0.5) is 0 Å². The fourth-order valence-corrected chi connectivity index (χ4v) is 2.84. The number of carbonyl (C=O) groups excluding carboxylic acids is 1. The van der Waals surface area contributed by atoms with Gasteiger partial charge in [-0.25, -0.2) is 0 Å². The first-order valence-electron chi connectivity index (χ1n) is 8.28. The van der Waals surface area contributed by atoms with E-state index < -0.39 is 0 Å². The van der Waals surface area contributed by atoms with Crippen molar-refractivity contribution in [3.63, 3.8) is 0 Å². The molecule has 0 fully saturated rings. The number of amides is 1. The topological polar surface area (TPSA) is 32.3 Å². The second kappa shape index (κ2) is 10.1. The maximum absolute atomic E-state index is 12.8. The summed E-state index contributed by atoms with van der Waals surface area (Å²) in [6.45, 7) is 8.50. The van der Waals surface area contributed by atoms with E-state index >= 15 is 0 Å². The Labute approximate surface area is 151 Å². The Balaban J connectivity index is 0.00000288. The van der Waals surface area contributed by atoms with Gasteiger partial charge >= 0.3 is 0 Å². The minimum absolute atomic E-state index is 0. The molecule has 2 aromatic carbocycles. The summed E-state index contributed by atoms with van der Waals surface area (Å²) >= 11 is 0. The highest BCUT2D eigenvalue weighted by Gasteiger charge is 2.25. The molecule has 1 unspecified atom stereocenters. The largest absolute Gasteiger partial charge is 0.350 e. The third-order valence-corrected chi connectivity index (χ3v) is 4.26. The predicted octanol–water partition coefficient (Wildman–Crippen LogP) is 4.12. The Bertz CT molecular complexity index is 627. The summed E-state index contributed by atoms with van der Waals surface area (Å²) in [5, 5.41) is 3.11. The number of rotatable bonds is 7. The number of carbonyl (C=O) groups is 1. The first-order valence-corrected chi connectivity index (χ1v) is 8.28. The van der Waals surface area contributed by atoms with E-state index in [9.17, 15) is 4.79 Å². The van der Waals surface area contributed by atoms with E-state index in [0.29, 0.717) is 6.54 Å². The van der Waals surface area contributed by atoms with Crippen molar-refractivity contribution in [2.45, 2.75) is 33.4 Å². The smallest absolute Gasteiger partial charge is 0.242 e. The van der Waals surface area contributed by atoms with E-state index in [1.807, 2.05) is 42.5 Å². The number of nitrogens with zero attached hydrogens (tertiary/aromatic N) is 1. The Hall–Kier alpha value is -1.84. The molecule has 24 heavy (non-hydrogen) atoms. The second-order valence-electron chi connectivity index (χ2n) is 5.68. The van der Waals surface area contributed by atoms with E-state index in [4.69, 9.17) is 0 Å². The number of hydrogen-bond donors (Lipinski definition) is 1. The zero-order chi connectivity index (χ0) is 16.7. The Morgan fingerprint density at radius 1 is 1.00 bits per heavy atom. The van der Waals surface area contributed by atoms with Crippen molar-refractivity contribution in [1.82, 2.24) is 10.2 Å². The second-order valence-corrected chi connectivity index (χ2v) is 5.68. The highest BCUT2D eigenvalue weighted by atomic mass is 35.5. The van der Waals surface area contributed by atoms with E-state index in [-0.39, 0.29) is 24.4 Å². The lowest BCUT2D eigenvalue weighted by atomic mass is 10.0. The van der Waals surface area contributed by atoms with E-state index in [0.717, 1.165) is 24.2 Å². The summed E-state index contributed by atoms with van der Waals surface area (Å²) in [7, 11) is 0. The number of aryl methyl sites for hydroxylation is 1. The van der Waals surface area contributed by atoms with Crippen LogP contribution in [-0.2, 0) is 11.3 Å². The monoisotopic (exact) mass is 346 g/mol. The summed E-state index contributed by atoms with van der Waals surface area (Å²) in [5.41, 5.74) is 3.40. The first kappa shape index (κ1) is 20.2. The van der Waals surface area contributed by atoms with Gasteiger partial charge in [-0.1, -0.05) is 68.4 Å². The van der Waals surface area contributed by atoms with Crippen LogP contribution in [0.15, 0.2) is 54.6 Å². The fraction of sp³-hybridized carbons (Fsp3) is 0.350. The van der Waals surface area contributed by atoms with Crippen molar-refractivity contribution in [2.75, 3.05) is 13.1 Å². The Morgan fingerprint density at radius 2 is 1.58 bits per heavy atom. The first-order chi connectivity index (χ1) is 11.2. The van der Waals surface area contributed by atoms with Gasteiger partial charge in [0.1, 0.15) is 6.04 Å². The van der Waals surface area contributed by atoms with Crippen LogP contribution in [0.25, 0.3) is 0 Å². The highest BCUT2D eigenvalue weighted by molar-refractivity contribution is 5.85. The summed E-state index contributed by atoms with van der Waals surface area (Å²) in [6.07, 6.45) is 0. The van der Waals surface area contributed by atoms with Crippen LogP contribution in [0.2, 0.25) is 0 Å². The molecule has 0 aliphatic heterocycles. The van der Waals surface area contributed by atoms with Crippen molar-refractivity contribution < 1.29 is 4.79 Å². The number of benzene rings is 2. The molecule has 0 aliphatic carbocycles. The molecule has 0 radical (unpaired) electrons. The van der Waals surface area contributed by atoms with Gasteiger partial charge in [-0.2, -0.15) is 0 Å². The SMILES string of the molecule is CCN(CC)C(C(=O)NCc1ccccc1C)c1ccccc1.Cl. The van der Waals surface area contributed by atoms with Crippen molar-refractivity contribution in [3.8, 4) is 0 Å². The molecule has 0 saturated carbocycles. The quantitative estimate of drug-likeness (QED) is 0.818. The van der Waals surface area contributed by atoms with Gasteiger partial charge < -0.3 is 5.32 Å². The lowest BCUT2D eigenvalue weighted by Crippen LogP contribution is -2.40.